The summed E-state index contributed by atoms with van der Waals surface area (Å²) in [6.45, 7) is 13.3. The number of hydrogen-bond acceptors (Lipinski definition) is 1. The average Bonchev–Trinajstić information content (AvgIpc) is 2.05. The van der Waals surface area contributed by atoms with E-state index >= 15 is 0 Å². The van der Waals surface area contributed by atoms with Gasteiger partial charge in [-0.15, -0.1) is 0 Å². The fourth-order valence-electron chi connectivity index (χ4n) is 0.511. The van der Waals surface area contributed by atoms with E-state index in [0.717, 1.165) is 18.5 Å². The maximum absolute atomic E-state index is 3.99. The van der Waals surface area contributed by atoms with Crippen molar-refractivity contribution in [2.75, 3.05) is 0 Å². The summed E-state index contributed by atoms with van der Waals surface area (Å²) in [5, 5.41) is 0. The first kappa shape index (κ1) is 12.8. The van der Waals surface area contributed by atoms with E-state index in [2.05, 4.69) is 25.1 Å². The molecular weight excluding hydrogens is 134 g/mol. The molecule has 0 aliphatic rings. The van der Waals surface area contributed by atoms with Crippen LogP contribution in [0.1, 0.15) is 33.6 Å². The minimum absolute atomic E-state index is 0.928. The number of allylic oxidation sites excluding steroid dienone is 2. The van der Waals surface area contributed by atoms with Crippen molar-refractivity contribution in [1.82, 2.24) is 0 Å². The van der Waals surface area contributed by atoms with Crippen molar-refractivity contribution >= 4 is 6.21 Å². The lowest BCUT2D eigenvalue weighted by Gasteiger charge is -1.91. The molecule has 0 aliphatic carbocycles. The first-order valence-corrected chi connectivity index (χ1v) is 4.14. The van der Waals surface area contributed by atoms with E-state index in [4.69, 9.17) is 0 Å². The van der Waals surface area contributed by atoms with E-state index < -0.39 is 0 Å². The summed E-state index contributed by atoms with van der Waals surface area (Å²) >= 11 is 0. The van der Waals surface area contributed by atoms with Gasteiger partial charge in [-0.25, -0.2) is 0 Å². The fraction of sp³-hybridized carbons (Fsp3) is 0.500. The van der Waals surface area contributed by atoms with Crippen LogP contribution in [-0.4, -0.2) is 6.21 Å². The lowest BCUT2D eigenvalue weighted by atomic mass is 10.3. The molecule has 1 nitrogen and oxygen atoms in total. The van der Waals surface area contributed by atoms with E-state index in [0.29, 0.717) is 0 Å². The van der Waals surface area contributed by atoms with Crippen molar-refractivity contribution in [1.29, 1.82) is 0 Å². The van der Waals surface area contributed by atoms with Gasteiger partial charge in [0, 0.05) is 11.9 Å². The van der Waals surface area contributed by atoms with Gasteiger partial charge >= 0.3 is 0 Å². The van der Waals surface area contributed by atoms with Crippen molar-refractivity contribution < 1.29 is 0 Å². The zero-order chi connectivity index (χ0) is 9.11. The van der Waals surface area contributed by atoms with Gasteiger partial charge in [-0.2, -0.15) is 0 Å². The third-order valence-corrected chi connectivity index (χ3v) is 0.901. The molecule has 0 fully saturated rings. The van der Waals surface area contributed by atoms with Gasteiger partial charge in [0.15, 0.2) is 0 Å². The summed E-state index contributed by atoms with van der Waals surface area (Å²) in [7, 11) is 0. The van der Waals surface area contributed by atoms with Crippen LogP contribution in [0.25, 0.3) is 0 Å². The molecule has 0 unspecified atom stereocenters. The zero-order valence-electron chi connectivity index (χ0n) is 7.93. The van der Waals surface area contributed by atoms with Gasteiger partial charge in [0.25, 0.3) is 0 Å². The topological polar surface area (TPSA) is 12.4 Å². The van der Waals surface area contributed by atoms with E-state index in [9.17, 15) is 0 Å². The van der Waals surface area contributed by atoms with Gasteiger partial charge in [-0.1, -0.05) is 46.4 Å². The Kier molecular flexibility index (Phi) is 13.8. The molecule has 0 aromatic rings. The SMILES string of the molecule is C=CC=NC(=C)CCC.CC. The van der Waals surface area contributed by atoms with Crippen LogP contribution in [0, 0.1) is 0 Å². The molecule has 0 saturated heterocycles. The highest BCUT2D eigenvalue weighted by Gasteiger charge is 1.82. The van der Waals surface area contributed by atoms with Gasteiger partial charge in [-0.05, 0) is 6.42 Å². The van der Waals surface area contributed by atoms with E-state index in [1.165, 1.54) is 0 Å². The Hall–Kier alpha value is -0.850. The molecule has 0 atom stereocenters. The number of aliphatic imine (C=N–C) groups is 1. The molecule has 0 amide bonds. The molecule has 0 spiro atoms. The van der Waals surface area contributed by atoms with Crippen LogP contribution in [-0.2, 0) is 0 Å². The van der Waals surface area contributed by atoms with Crippen molar-refractivity contribution in [2.45, 2.75) is 33.6 Å². The molecule has 0 saturated carbocycles. The standard InChI is InChI=1S/C8H13N.C2H6/c1-4-6-8(3)9-7-5-2;1-2/h5,7H,2-4,6H2,1H3;1-2H3. The second-order valence-electron chi connectivity index (χ2n) is 1.83. The lowest BCUT2D eigenvalue weighted by molar-refractivity contribution is 0.899. The minimum atomic E-state index is 0.928. The van der Waals surface area contributed by atoms with Crippen molar-refractivity contribution in [2.24, 2.45) is 4.99 Å². The summed E-state index contributed by atoms with van der Waals surface area (Å²) in [4.78, 5) is 3.99. The van der Waals surface area contributed by atoms with Crippen molar-refractivity contribution in [3.8, 4) is 0 Å². The van der Waals surface area contributed by atoms with Crippen LogP contribution >= 0.6 is 0 Å². The molecule has 0 aromatic carbocycles. The predicted molar refractivity (Wildman–Crippen MR) is 54.1 cm³/mol. The van der Waals surface area contributed by atoms with Crippen molar-refractivity contribution in [3.63, 3.8) is 0 Å². The molecule has 11 heavy (non-hydrogen) atoms. The fourth-order valence-corrected chi connectivity index (χ4v) is 0.511. The van der Waals surface area contributed by atoms with Crippen LogP contribution < -0.4 is 0 Å². The Morgan fingerprint density at radius 3 is 2.36 bits per heavy atom. The quantitative estimate of drug-likeness (QED) is 0.547. The van der Waals surface area contributed by atoms with Crippen LogP contribution in [0.2, 0.25) is 0 Å². The molecular formula is C10H19N. The number of rotatable bonds is 4. The van der Waals surface area contributed by atoms with Gasteiger partial charge < -0.3 is 0 Å². The van der Waals surface area contributed by atoms with Gasteiger partial charge in [0.2, 0.25) is 0 Å². The minimum Gasteiger partial charge on any atom is -0.262 e. The molecule has 64 valence electrons. The Morgan fingerprint density at radius 1 is 1.45 bits per heavy atom. The van der Waals surface area contributed by atoms with Crippen LogP contribution in [0.15, 0.2) is 29.9 Å². The Labute approximate surface area is 70.5 Å². The first-order valence-electron chi connectivity index (χ1n) is 4.14. The van der Waals surface area contributed by atoms with Crippen LogP contribution in [0.4, 0.5) is 0 Å². The van der Waals surface area contributed by atoms with Gasteiger partial charge in [-0.3, -0.25) is 4.99 Å². The lowest BCUT2D eigenvalue weighted by Crippen LogP contribution is -1.74. The second kappa shape index (κ2) is 11.9. The molecule has 0 aromatic heterocycles. The van der Waals surface area contributed by atoms with E-state index in [1.807, 2.05) is 13.8 Å². The molecule has 0 radical (unpaired) electrons. The maximum Gasteiger partial charge on any atom is 0.0331 e. The van der Waals surface area contributed by atoms with Crippen LogP contribution in [0.3, 0.4) is 0 Å². The number of hydrogen-bond donors (Lipinski definition) is 0. The second-order valence-corrected chi connectivity index (χ2v) is 1.83. The zero-order valence-corrected chi connectivity index (χ0v) is 7.93. The van der Waals surface area contributed by atoms with Crippen LogP contribution in [0.5, 0.6) is 0 Å². The Balaban J connectivity index is 0. The monoisotopic (exact) mass is 153 g/mol. The van der Waals surface area contributed by atoms with E-state index in [-0.39, 0.29) is 0 Å². The van der Waals surface area contributed by atoms with Gasteiger partial charge in [0.05, 0.1) is 0 Å². The first-order chi connectivity index (χ1) is 5.31. The van der Waals surface area contributed by atoms with Crippen molar-refractivity contribution in [3.05, 3.63) is 24.9 Å². The number of nitrogens with zero attached hydrogens (tertiary/aromatic N) is 1. The Bertz CT molecular complexity index is 123. The smallest absolute Gasteiger partial charge is 0.0331 e. The normalized spacial score (nSPS) is 8.64. The predicted octanol–water partition coefficient (Wildman–Crippen LogP) is 3.58. The largest absolute Gasteiger partial charge is 0.262 e. The summed E-state index contributed by atoms with van der Waals surface area (Å²) in [5.41, 5.74) is 0.928. The summed E-state index contributed by atoms with van der Waals surface area (Å²) < 4.78 is 0. The Morgan fingerprint density at radius 2 is 2.00 bits per heavy atom. The highest BCUT2D eigenvalue weighted by atomic mass is 14.7. The van der Waals surface area contributed by atoms with E-state index in [1.54, 1.807) is 12.3 Å². The van der Waals surface area contributed by atoms with Gasteiger partial charge in [0.1, 0.15) is 0 Å². The summed E-state index contributed by atoms with van der Waals surface area (Å²) in [5.74, 6) is 0. The summed E-state index contributed by atoms with van der Waals surface area (Å²) in [6.07, 6.45) is 5.40. The molecule has 1 heteroatoms. The maximum atomic E-state index is 3.99. The molecule has 0 heterocycles. The highest BCUT2D eigenvalue weighted by Crippen LogP contribution is 2.00. The molecule has 0 aliphatic heterocycles. The molecule has 0 bridgehead atoms. The summed E-state index contributed by atoms with van der Waals surface area (Å²) in [6, 6.07) is 0. The molecule has 0 N–H and O–H groups in total. The third kappa shape index (κ3) is 12.4. The molecule has 0 rings (SSSR count). The third-order valence-electron chi connectivity index (χ3n) is 0.901. The average molecular weight is 153 g/mol. The highest BCUT2D eigenvalue weighted by molar-refractivity contribution is 5.71.